The van der Waals surface area contributed by atoms with Crippen molar-refractivity contribution in [2.75, 3.05) is 43.4 Å². The molecule has 0 atom stereocenters. The predicted octanol–water partition coefficient (Wildman–Crippen LogP) is 2.99. The molecule has 2 aromatic rings. The fraction of sp³-hybridized carbons (Fsp3) is 0.444. The number of nitroso groups, excluding NO2 is 1. The van der Waals surface area contributed by atoms with E-state index in [4.69, 9.17) is 7.85 Å². The first-order valence-electron chi connectivity index (χ1n) is 9.09. The second kappa shape index (κ2) is 9.58. The maximum Gasteiger partial charge on any atom is 0.416 e. The molecule has 2 radical (unpaired) electrons. The number of benzene rings is 1. The van der Waals surface area contributed by atoms with Gasteiger partial charge in [-0.05, 0) is 30.3 Å². The number of nitrogens with zero attached hydrogens (tertiary/aromatic N) is 5. The number of piperazine rings is 1. The normalized spacial score (nSPS) is 15.5. The van der Waals surface area contributed by atoms with E-state index in [-0.39, 0.29) is 11.3 Å². The van der Waals surface area contributed by atoms with Gasteiger partial charge in [0.25, 0.3) is 0 Å². The van der Waals surface area contributed by atoms with Gasteiger partial charge in [0.05, 0.1) is 5.56 Å². The molecular formula is C18H19BF3N5OS. The highest BCUT2D eigenvalue weighted by Gasteiger charge is 2.31. The molecule has 1 aliphatic heterocycles. The first-order chi connectivity index (χ1) is 13.8. The molecule has 1 saturated heterocycles. The summed E-state index contributed by atoms with van der Waals surface area (Å²) < 4.78 is 39.0. The molecule has 1 aromatic carbocycles. The summed E-state index contributed by atoms with van der Waals surface area (Å²) in [5, 5.41) is 3.31. The van der Waals surface area contributed by atoms with Gasteiger partial charge >= 0.3 is 6.18 Å². The molecule has 152 valence electrons. The molecule has 1 aromatic heterocycles. The monoisotopic (exact) mass is 421 g/mol. The van der Waals surface area contributed by atoms with Crippen LogP contribution in [0.1, 0.15) is 12.0 Å². The van der Waals surface area contributed by atoms with Gasteiger partial charge in [0, 0.05) is 49.9 Å². The number of anilines is 1. The number of halogens is 3. The summed E-state index contributed by atoms with van der Waals surface area (Å²) >= 11 is 1.46. The standard InChI is InChI=1S/C18H19BF3N5OS/c19-14-10-13(18(20,21)22)11-15(12-14)27-7-5-26(6-8-27)4-1-9-29-17-23-3-2-16(24-17)25-28/h2-3,10-12H,1,4-9H2. The average Bonchev–Trinajstić information content (AvgIpc) is 2.71. The van der Waals surface area contributed by atoms with E-state index >= 15 is 0 Å². The summed E-state index contributed by atoms with van der Waals surface area (Å²) in [5.74, 6) is 0.918. The van der Waals surface area contributed by atoms with E-state index in [9.17, 15) is 18.1 Å². The molecule has 3 rings (SSSR count). The van der Waals surface area contributed by atoms with Crippen LogP contribution >= 0.6 is 11.8 Å². The Morgan fingerprint density at radius 2 is 1.93 bits per heavy atom. The smallest absolute Gasteiger partial charge is 0.369 e. The maximum atomic E-state index is 13.0. The molecule has 0 spiro atoms. The Kier molecular flexibility index (Phi) is 7.12. The lowest BCUT2D eigenvalue weighted by Gasteiger charge is -2.36. The Labute approximate surface area is 172 Å². The molecular weight excluding hydrogens is 402 g/mol. The molecule has 2 heterocycles. The second-order valence-corrected chi connectivity index (χ2v) is 7.69. The van der Waals surface area contributed by atoms with Gasteiger partial charge in [-0.1, -0.05) is 23.3 Å². The van der Waals surface area contributed by atoms with E-state index in [0.29, 0.717) is 23.9 Å². The Balaban J connectivity index is 1.45. The summed E-state index contributed by atoms with van der Waals surface area (Å²) in [4.78, 5) is 22.8. The molecule has 1 aliphatic rings. The molecule has 0 amide bonds. The molecule has 0 saturated carbocycles. The molecule has 1 fully saturated rings. The number of thioether (sulfide) groups is 1. The molecule has 6 nitrogen and oxygen atoms in total. The Morgan fingerprint density at radius 1 is 1.17 bits per heavy atom. The highest BCUT2D eigenvalue weighted by Crippen LogP contribution is 2.31. The van der Waals surface area contributed by atoms with Crippen LogP contribution in [-0.4, -0.2) is 61.2 Å². The lowest BCUT2D eigenvalue weighted by Crippen LogP contribution is -2.47. The van der Waals surface area contributed by atoms with E-state index in [1.54, 1.807) is 6.07 Å². The number of hydrogen-bond donors (Lipinski definition) is 0. The van der Waals surface area contributed by atoms with Gasteiger partial charge in [0.2, 0.25) is 5.82 Å². The van der Waals surface area contributed by atoms with Crippen molar-refractivity contribution in [1.82, 2.24) is 14.9 Å². The van der Waals surface area contributed by atoms with Crippen LogP contribution in [0.4, 0.5) is 24.7 Å². The molecule has 0 bridgehead atoms. The van der Waals surface area contributed by atoms with E-state index in [1.807, 2.05) is 4.90 Å². The topological polar surface area (TPSA) is 61.7 Å². The average molecular weight is 421 g/mol. The predicted molar refractivity (Wildman–Crippen MR) is 108 cm³/mol. The summed E-state index contributed by atoms with van der Waals surface area (Å²) in [6, 6.07) is 5.16. The molecule has 0 unspecified atom stereocenters. The van der Waals surface area contributed by atoms with Crippen LogP contribution in [0.2, 0.25) is 0 Å². The number of hydrogen-bond acceptors (Lipinski definition) is 7. The lowest BCUT2D eigenvalue weighted by atomic mass is 9.93. The third-order valence-corrected chi connectivity index (χ3v) is 5.51. The molecule has 29 heavy (non-hydrogen) atoms. The van der Waals surface area contributed by atoms with E-state index < -0.39 is 11.7 Å². The van der Waals surface area contributed by atoms with Crippen LogP contribution in [0.3, 0.4) is 0 Å². The first-order valence-corrected chi connectivity index (χ1v) is 10.1. The van der Waals surface area contributed by atoms with Gasteiger partial charge in [-0.15, -0.1) is 4.91 Å². The quantitative estimate of drug-likeness (QED) is 0.225. The number of alkyl halides is 3. The van der Waals surface area contributed by atoms with Crippen molar-refractivity contribution in [2.45, 2.75) is 17.8 Å². The van der Waals surface area contributed by atoms with E-state index in [0.717, 1.165) is 43.9 Å². The Hall–Kier alpha value is -2.14. The van der Waals surface area contributed by atoms with Crippen LogP contribution in [0, 0.1) is 4.91 Å². The van der Waals surface area contributed by atoms with Crippen molar-refractivity contribution in [3.05, 3.63) is 40.9 Å². The highest BCUT2D eigenvalue weighted by atomic mass is 32.2. The fourth-order valence-corrected chi connectivity index (χ4v) is 3.86. The minimum Gasteiger partial charge on any atom is -0.369 e. The number of rotatable bonds is 7. The largest absolute Gasteiger partial charge is 0.416 e. The summed E-state index contributed by atoms with van der Waals surface area (Å²) in [6.07, 6.45) is -2.00. The van der Waals surface area contributed by atoms with E-state index in [2.05, 4.69) is 20.0 Å². The molecule has 0 N–H and O–H groups in total. The van der Waals surface area contributed by atoms with Crippen LogP contribution in [0.15, 0.2) is 40.8 Å². The van der Waals surface area contributed by atoms with Gasteiger partial charge in [-0.2, -0.15) is 18.2 Å². The maximum absolute atomic E-state index is 13.0. The van der Waals surface area contributed by atoms with Gasteiger partial charge in [0.1, 0.15) is 7.85 Å². The van der Waals surface area contributed by atoms with Crippen molar-refractivity contribution in [3.63, 3.8) is 0 Å². The fourth-order valence-electron chi connectivity index (χ4n) is 3.11. The molecule has 0 aliphatic carbocycles. The Morgan fingerprint density at radius 3 is 2.62 bits per heavy atom. The highest BCUT2D eigenvalue weighted by molar-refractivity contribution is 7.99. The second-order valence-electron chi connectivity index (χ2n) is 6.63. The summed E-state index contributed by atoms with van der Waals surface area (Å²) in [7, 11) is 5.66. The molecule has 11 heteroatoms. The summed E-state index contributed by atoms with van der Waals surface area (Å²) in [5.41, 5.74) is -0.0956. The van der Waals surface area contributed by atoms with Crippen molar-refractivity contribution >= 4 is 36.6 Å². The van der Waals surface area contributed by atoms with Crippen LogP contribution < -0.4 is 10.4 Å². The lowest BCUT2D eigenvalue weighted by molar-refractivity contribution is -0.137. The van der Waals surface area contributed by atoms with Crippen LogP contribution in [0.5, 0.6) is 0 Å². The van der Waals surface area contributed by atoms with Crippen LogP contribution in [-0.2, 0) is 6.18 Å². The minimum atomic E-state index is -4.41. The zero-order valence-electron chi connectivity index (χ0n) is 15.6. The van der Waals surface area contributed by atoms with Gasteiger partial charge < -0.3 is 4.90 Å². The van der Waals surface area contributed by atoms with Crippen molar-refractivity contribution < 1.29 is 13.2 Å². The minimum absolute atomic E-state index is 0.116. The van der Waals surface area contributed by atoms with Crippen molar-refractivity contribution in [2.24, 2.45) is 5.18 Å². The summed E-state index contributed by atoms with van der Waals surface area (Å²) in [6.45, 7) is 3.69. The zero-order chi connectivity index (χ0) is 20.9. The van der Waals surface area contributed by atoms with Gasteiger partial charge in [-0.25, -0.2) is 4.98 Å². The van der Waals surface area contributed by atoms with Crippen molar-refractivity contribution in [3.8, 4) is 0 Å². The van der Waals surface area contributed by atoms with Crippen molar-refractivity contribution in [1.29, 1.82) is 0 Å². The van der Waals surface area contributed by atoms with Gasteiger partial charge in [-0.3, -0.25) is 4.90 Å². The SMILES string of the molecule is [B]c1cc(N2CCN(CCCSc3nccc(N=O)n3)CC2)cc(C(F)(F)F)c1. The number of aromatic nitrogens is 2. The Bertz CT molecular complexity index is 846. The van der Waals surface area contributed by atoms with Gasteiger partial charge in [0.15, 0.2) is 5.16 Å². The zero-order valence-corrected chi connectivity index (χ0v) is 16.4. The third-order valence-electron chi connectivity index (χ3n) is 4.57. The van der Waals surface area contributed by atoms with Crippen LogP contribution in [0.25, 0.3) is 0 Å². The van der Waals surface area contributed by atoms with E-state index in [1.165, 1.54) is 24.0 Å². The third kappa shape index (κ3) is 6.17. The first kappa shape index (κ1) is 21.6.